The Bertz CT molecular complexity index is 488. The molecule has 2 N–H and O–H groups in total. The standard InChI is InChI=1S/C13H18N4/c1-10(2)7-8-17-9-13(15-16-17)11-5-3-4-6-12(11)14/h3-6,9-10H,7-8,14H2,1-2H3. The summed E-state index contributed by atoms with van der Waals surface area (Å²) in [6.45, 7) is 5.30. The first-order chi connectivity index (χ1) is 8.16. The van der Waals surface area contributed by atoms with Gasteiger partial charge in [0, 0.05) is 17.8 Å². The van der Waals surface area contributed by atoms with Crippen LogP contribution in [0.2, 0.25) is 0 Å². The maximum absolute atomic E-state index is 5.91. The maximum atomic E-state index is 5.91. The number of hydrogen-bond acceptors (Lipinski definition) is 3. The quantitative estimate of drug-likeness (QED) is 0.821. The van der Waals surface area contributed by atoms with E-state index >= 15 is 0 Å². The Morgan fingerprint density at radius 3 is 2.76 bits per heavy atom. The summed E-state index contributed by atoms with van der Waals surface area (Å²) in [6.07, 6.45) is 3.06. The van der Waals surface area contributed by atoms with Crippen LogP contribution in [0.3, 0.4) is 0 Å². The van der Waals surface area contributed by atoms with Crippen molar-refractivity contribution in [3.63, 3.8) is 0 Å². The fourth-order valence-corrected chi connectivity index (χ4v) is 1.65. The lowest BCUT2D eigenvalue weighted by molar-refractivity contribution is 0.478. The molecule has 0 amide bonds. The normalized spacial score (nSPS) is 11.0. The highest BCUT2D eigenvalue weighted by Gasteiger charge is 2.06. The topological polar surface area (TPSA) is 56.7 Å². The van der Waals surface area contributed by atoms with Crippen molar-refractivity contribution in [2.75, 3.05) is 5.73 Å². The third kappa shape index (κ3) is 2.84. The van der Waals surface area contributed by atoms with E-state index in [-0.39, 0.29) is 0 Å². The fraction of sp³-hybridized carbons (Fsp3) is 0.385. The van der Waals surface area contributed by atoms with Crippen LogP contribution in [0.1, 0.15) is 20.3 Å². The Hall–Kier alpha value is -1.84. The molecule has 4 nitrogen and oxygen atoms in total. The van der Waals surface area contributed by atoms with Crippen LogP contribution in [0.15, 0.2) is 30.5 Å². The number of nitrogen functional groups attached to an aromatic ring is 1. The Labute approximate surface area is 101 Å². The molecule has 4 heteroatoms. The van der Waals surface area contributed by atoms with Crippen LogP contribution in [0.5, 0.6) is 0 Å². The van der Waals surface area contributed by atoms with E-state index in [4.69, 9.17) is 5.73 Å². The van der Waals surface area contributed by atoms with Crippen LogP contribution < -0.4 is 5.73 Å². The minimum Gasteiger partial charge on any atom is -0.398 e. The van der Waals surface area contributed by atoms with Gasteiger partial charge in [-0.25, -0.2) is 0 Å². The molecule has 1 aromatic carbocycles. The van der Waals surface area contributed by atoms with Crippen molar-refractivity contribution < 1.29 is 0 Å². The van der Waals surface area contributed by atoms with Gasteiger partial charge in [0.1, 0.15) is 5.69 Å². The van der Waals surface area contributed by atoms with E-state index in [0.717, 1.165) is 29.9 Å². The lowest BCUT2D eigenvalue weighted by atomic mass is 10.1. The van der Waals surface area contributed by atoms with Gasteiger partial charge in [-0.15, -0.1) is 5.10 Å². The van der Waals surface area contributed by atoms with Crippen LogP contribution in [-0.2, 0) is 6.54 Å². The van der Waals surface area contributed by atoms with Gasteiger partial charge in [-0.1, -0.05) is 37.3 Å². The van der Waals surface area contributed by atoms with Crippen LogP contribution >= 0.6 is 0 Å². The van der Waals surface area contributed by atoms with E-state index in [1.807, 2.05) is 35.1 Å². The SMILES string of the molecule is CC(C)CCn1cc(-c2ccccc2N)nn1. The molecule has 0 atom stereocenters. The molecule has 0 bridgehead atoms. The van der Waals surface area contributed by atoms with E-state index in [2.05, 4.69) is 24.2 Å². The molecule has 0 saturated carbocycles. The summed E-state index contributed by atoms with van der Waals surface area (Å²) in [5.41, 5.74) is 8.43. The summed E-state index contributed by atoms with van der Waals surface area (Å²) in [5.74, 6) is 0.671. The lowest BCUT2D eigenvalue weighted by Gasteiger charge is -2.03. The van der Waals surface area contributed by atoms with Crippen LogP contribution in [0.4, 0.5) is 5.69 Å². The number of anilines is 1. The molecule has 0 saturated heterocycles. The van der Waals surface area contributed by atoms with Gasteiger partial charge < -0.3 is 5.73 Å². The van der Waals surface area contributed by atoms with Crippen molar-refractivity contribution in [1.29, 1.82) is 0 Å². The van der Waals surface area contributed by atoms with Gasteiger partial charge in [0.2, 0.25) is 0 Å². The van der Waals surface area contributed by atoms with Crippen molar-refractivity contribution in [2.24, 2.45) is 5.92 Å². The fourth-order valence-electron chi connectivity index (χ4n) is 1.65. The minimum atomic E-state index is 0.671. The molecule has 2 rings (SSSR count). The molecule has 0 aliphatic carbocycles. The van der Waals surface area contributed by atoms with Gasteiger partial charge in [-0.2, -0.15) is 0 Å². The first-order valence-corrected chi connectivity index (χ1v) is 5.92. The predicted octanol–water partition coefficient (Wildman–Crippen LogP) is 2.57. The Morgan fingerprint density at radius 1 is 1.29 bits per heavy atom. The predicted molar refractivity (Wildman–Crippen MR) is 69.3 cm³/mol. The second kappa shape index (κ2) is 4.99. The van der Waals surface area contributed by atoms with Crippen molar-refractivity contribution in [3.8, 4) is 11.3 Å². The average molecular weight is 230 g/mol. The van der Waals surface area contributed by atoms with Gasteiger partial charge in [0.15, 0.2) is 0 Å². The zero-order chi connectivity index (χ0) is 12.3. The highest BCUT2D eigenvalue weighted by atomic mass is 15.4. The number of aryl methyl sites for hydroxylation is 1. The average Bonchev–Trinajstić information content (AvgIpc) is 2.75. The van der Waals surface area contributed by atoms with Crippen molar-refractivity contribution in [2.45, 2.75) is 26.8 Å². The van der Waals surface area contributed by atoms with E-state index in [0.29, 0.717) is 5.92 Å². The highest BCUT2D eigenvalue weighted by molar-refractivity contribution is 5.72. The molecule has 0 radical (unpaired) electrons. The number of nitrogens with zero attached hydrogens (tertiary/aromatic N) is 3. The molecule has 0 aliphatic heterocycles. The van der Waals surface area contributed by atoms with E-state index in [9.17, 15) is 0 Å². The molecule has 1 aromatic heterocycles. The van der Waals surface area contributed by atoms with Gasteiger partial charge >= 0.3 is 0 Å². The monoisotopic (exact) mass is 230 g/mol. The molecule has 1 heterocycles. The second-order valence-corrected chi connectivity index (χ2v) is 4.64. The van der Waals surface area contributed by atoms with E-state index in [1.165, 1.54) is 0 Å². The zero-order valence-corrected chi connectivity index (χ0v) is 10.3. The summed E-state index contributed by atoms with van der Waals surface area (Å²) in [7, 11) is 0. The number of hydrogen-bond donors (Lipinski definition) is 1. The van der Waals surface area contributed by atoms with Crippen molar-refractivity contribution in [1.82, 2.24) is 15.0 Å². The first-order valence-electron chi connectivity index (χ1n) is 5.92. The van der Waals surface area contributed by atoms with Crippen LogP contribution in [0, 0.1) is 5.92 Å². The molecule has 17 heavy (non-hydrogen) atoms. The largest absolute Gasteiger partial charge is 0.398 e. The summed E-state index contributed by atoms with van der Waals surface area (Å²) in [6, 6.07) is 7.72. The van der Waals surface area contributed by atoms with Crippen molar-refractivity contribution in [3.05, 3.63) is 30.5 Å². The molecule has 0 fully saturated rings. The zero-order valence-electron chi connectivity index (χ0n) is 10.3. The minimum absolute atomic E-state index is 0.671. The summed E-state index contributed by atoms with van der Waals surface area (Å²) in [4.78, 5) is 0. The molecule has 90 valence electrons. The van der Waals surface area contributed by atoms with Gasteiger partial charge in [0.25, 0.3) is 0 Å². The molecular weight excluding hydrogens is 212 g/mol. The third-order valence-electron chi connectivity index (χ3n) is 2.71. The third-order valence-corrected chi connectivity index (χ3v) is 2.71. The second-order valence-electron chi connectivity index (χ2n) is 4.64. The molecule has 2 aromatic rings. The number of para-hydroxylation sites is 1. The molecule has 0 aliphatic rings. The number of benzene rings is 1. The van der Waals surface area contributed by atoms with Gasteiger partial charge in [-0.05, 0) is 18.4 Å². The van der Waals surface area contributed by atoms with E-state index in [1.54, 1.807) is 0 Å². The summed E-state index contributed by atoms with van der Waals surface area (Å²) in [5, 5.41) is 8.27. The Kier molecular flexibility index (Phi) is 3.42. The number of aromatic nitrogens is 3. The number of rotatable bonds is 4. The molecule has 0 spiro atoms. The maximum Gasteiger partial charge on any atom is 0.115 e. The Morgan fingerprint density at radius 2 is 2.06 bits per heavy atom. The van der Waals surface area contributed by atoms with E-state index < -0.39 is 0 Å². The highest BCUT2D eigenvalue weighted by Crippen LogP contribution is 2.22. The first kappa shape index (κ1) is 11.6. The van der Waals surface area contributed by atoms with Crippen molar-refractivity contribution >= 4 is 5.69 Å². The van der Waals surface area contributed by atoms with Crippen LogP contribution in [0.25, 0.3) is 11.3 Å². The smallest absolute Gasteiger partial charge is 0.115 e. The molecule has 0 unspecified atom stereocenters. The van der Waals surface area contributed by atoms with Crippen LogP contribution in [-0.4, -0.2) is 15.0 Å². The number of nitrogens with two attached hydrogens (primary N) is 1. The Balaban J connectivity index is 2.16. The lowest BCUT2D eigenvalue weighted by Crippen LogP contribution is -2.01. The molecular formula is C13H18N4. The van der Waals surface area contributed by atoms with Gasteiger partial charge in [0.05, 0.1) is 6.20 Å². The van der Waals surface area contributed by atoms with Gasteiger partial charge in [-0.3, -0.25) is 4.68 Å². The summed E-state index contributed by atoms with van der Waals surface area (Å²) < 4.78 is 1.88. The summed E-state index contributed by atoms with van der Waals surface area (Å²) >= 11 is 0.